The second kappa shape index (κ2) is 4.21. The van der Waals surface area contributed by atoms with Gasteiger partial charge in [0.05, 0.1) is 6.20 Å². The Morgan fingerprint density at radius 2 is 1.94 bits per heavy atom. The summed E-state index contributed by atoms with van der Waals surface area (Å²) in [5, 5.41) is 4.33. The molecule has 2 fully saturated rings. The molecule has 0 saturated carbocycles. The van der Waals surface area contributed by atoms with E-state index in [4.69, 9.17) is 11.6 Å². The Balaban J connectivity index is 1.99. The smallest absolute Gasteiger partial charge is 0.256 e. The molecular weight excluding hydrogens is 274 g/mol. The van der Waals surface area contributed by atoms with E-state index >= 15 is 0 Å². The maximum absolute atomic E-state index is 12.7. The zero-order valence-electron chi connectivity index (χ0n) is 10.2. The zero-order valence-corrected chi connectivity index (χ0v) is 11.7. The third kappa shape index (κ3) is 1.78. The minimum Gasteiger partial charge on any atom is -0.256 e. The minimum atomic E-state index is -3.43. The molecule has 2 aliphatic heterocycles. The van der Waals surface area contributed by atoms with E-state index in [0.29, 0.717) is 0 Å². The molecular formula is C11H16ClN3O2S. The summed E-state index contributed by atoms with van der Waals surface area (Å²) >= 11 is 6.18. The van der Waals surface area contributed by atoms with E-state index < -0.39 is 10.0 Å². The summed E-state index contributed by atoms with van der Waals surface area (Å²) in [7, 11) is -1.78. The Hall–Kier alpha value is -0.590. The largest absolute Gasteiger partial charge is 0.260 e. The van der Waals surface area contributed by atoms with E-state index in [9.17, 15) is 8.42 Å². The first kappa shape index (κ1) is 12.4. The number of sulfonamides is 1. The second-order valence-corrected chi connectivity index (χ2v) is 7.49. The van der Waals surface area contributed by atoms with Crippen LogP contribution in [0.2, 0.25) is 0 Å². The summed E-state index contributed by atoms with van der Waals surface area (Å²) in [5.74, 6) is 0. The van der Waals surface area contributed by atoms with Gasteiger partial charge >= 0.3 is 0 Å². The van der Waals surface area contributed by atoms with E-state index in [2.05, 4.69) is 5.10 Å². The van der Waals surface area contributed by atoms with Crippen molar-refractivity contribution in [3.05, 3.63) is 12.3 Å². The summed E-state index contributed by atoms with van der Waals surface area (Å²) in [5.41, 5.74) is 0. The summed E-state index contributed by atoms with van der Waals surface area (Å²) in [4.78, 5) is 0. The Morgan fingerprint density at radius 1 is 1.33 bits per heavy atom. The number of alkyl halides is 1. The molecule has 1 aromatic rings. The van der Waals surface area contributed by atoms with Crippen LogP contribution in [0, 0.1) is 0 Å². The van der Waals surface area contributed by atoms with Gasteiger partial charge in [0.15, 0.2) is 5.03 Å². The van der Waals surface area contributed by atoms with Crippen molar-refractivity contribution >= 4 is 21.6 Å². The van der Waals surface area contributed by atoms with Gasteiger partial charge in [-0.15, -0.1) is 11.6 Å². The number of aryl methyl sites for hydroxylation is 1. The molecule has 100 valence electrons. The number of piperidine rings is 1. The van der Waals surface area contributed by atoms with Gasteiger partial charge in [-0.25, -0.2) is 8.42 Å². The van der Waals surface area contributed by atoms with E-state index in [1.54, 1.807) is 17.4 Å². The SMILES string of the molecule is Cn1nccc1S(=O)(=O)N1C2CCC1CC(Cl)C2. The van der Waals surface area contributed by atoms with Crippen LogP contribution in [-0.2, 0) is 17.1 Å². The fourth-order valence-corrected chi connectivity index (χ4v) is 5.59. The topological polar surface area (TPSA) is 55.2 Å². The number of fused-ring (bicyclic) bond motifs is 2. The molecule has 0 aliphatic carbocycles. The van der Waals surface area contributed by atoms with Crippen molar-refractivity contribution in [1.29, 1.82) is 0 Å². The third-order valence-electron chi connectivity index (χ3n) is 3.93. The molecule has 3 heterocycles. The summed E-state index contributed by atoms with van der Waals surface area (Å²) < 4.78 is 28.4. The molecule has 5 nitrogen and oxygen atoms in total. The van der Waals surface area contributed by atoms with Crippen molar-refractivity contribution in [3.8, 4) is 0 Å². The summed E-state index contributed by atoms with van der Waals surface area (Å²) in [6, 6.07) is 1.68. The number of aromatic nitrogens is 2. The fraction of sp³-hybridized carbons (Fsp3) is 0.727. The molecule has 0 amide bonds. The first-order valence-corrected chi connectivity index (χ1v) is 8.03. The van der Waals surface area contributed by atoms with Gasteiger partial charge < -0.3 is 0 Å². The molecule has 18 heavy (non-hydrogen) atoms. The lowest BCUT2D eigenvalue weighted by Gasteiger charge is -2.35. The average Bonchev–Trinajstić information content (AvgIpc) is 2.82. The predicted molar refractivity (Wildman–Crippen MR) is 67.9 cm³/mol. The Labute approximate surface area is 112 Å². The van der Waals surface area contributed by atoms with E-state index in [1.165, 1.54) is 10.9 Å². The van der Waals surface area contributed by atoms with E-state index in [0.717, 1.165) is 25.7 Å². The van der Waals surface area contributed by atoms with Crippen molar-refractivity contribution in [1.82, 2.24) is 14.1 Å². The number of rotatable bonds is 2. The van der Waals surface area contributed by atoms with Crippen LogP contribution in [0.25, 0.3) is 0 Å². The van der Waals surface area contributed by atoms with Crippen LogP contribution in [0.1, 0.15) is 25.7 Å². The van der Waals surface area contributed by atoms with Gasteiger partial charge in [0.25, 0.3) is 10.0 Å². The molecule has 2 aliphatic rings. The lowest BCUT2D eigenvalue weighted by Crippen LogP contribution is -2.47. The third-order valence-corrected chi connectivity index (χ3v) is 6.36. The van der Waals surface area contributed by atoms with Gasteiger partial charge in [-0.3, -0.25) is 4.68 Å². The van der Waals surface area contributed by atoms with Gasteiger partial charge in [0.2, 0.25) is 0 Å². The second-order valence-electron chi connectivity index (χ2n) is 5.08. The van der Waals surface area contributed by atoms with Crippen molar-refractivity contribution in [3.63, 3.8) is 0 Å². The number of nitrogens with zero attached hydrogens (tertiary/aromatic N) is 3. The quantitative estimate of drug-likeness (QED) is 0.772. The maximum Gasteiger partial charge on any atom is 0.260 e. The normalized spacial score (nSPS) is 32.9. The fourth-order valence-electron chi connectivity index (χ4n) is 3.18. The van der Waals surface area contributed by atoms with Gasteiger partial charge in [-0.1, -0.05) is 0 Å². The van der Waals surface area contributed by atoms with Gasteiger partial charge in [0.1, 0.15) is 0 Å². The van der Waals surface area contributed by atoms with Gasteiger partial charge in [-0.05, 0) is 31.7 Å². The highest BCUT2D eigenvalue weighted by Gasteiger charge is 2.47. The lowest BCUT2D eigenvalue weighted by molar-refractivity contribution is 0.249. The maximum atomic E-state index is 12.7. The number of halogens is 1. The van der Waals surface area contributed by atoms with Crippen LogP contribution in [-0.4, -0.2) is 40.0 Å². The van der Waals surface area contributed by atoms with Crippen LogP contribution in [0.15, 0.2) is 17.3 Å². The zero-order chi connectivity index (χ0) is 12.9. The molecule has 1 aromatic heterocycles. The van der Waals surface area contributed by atoms with E-state index in [-0.39, 0.29) is 22.5 Å². The highest BCUT2D eigenvalue weighted by molar-refractivity contribution is 7.89. The van der Waals surface area contributed by atoms with Crippen LogP contribution in [0.3, 0.4) is 0 Å². The predicted octanol–water partition coefficient (Wildman–Crippen LogP) is 1.34. The van der Waals surface area contributed by atoms with Crippen molar-refractivity contribution in [2.75, 3.05) is 0 Å². The van der Waals surface area contributed by atoms with E-state index in [1.807, 2.05) is 0 Å². The Morgan fingerprint density at radius 3 is 2.44 bits per heavy atom. The van der Waals surface area contributed by atoms with Gasteiger partial charge in [0, 0.05) is 24.5 Å². The first-order valence-electron chi connectivity index (χ1n) is 6.16. The molecule has 0 N–H and O–H groups in total. The van der Waals surface area contributed by atoms with Gasteiger partial charge in [-0.2, -0.15) is 9.40 Å². The molecule has 0 spiro atoms. The Kier molecular flexibility index (Phi) is 2.91. The molecule has 0 aromatic carbocycles. The highest BCUT2D eigenvalue weighted by atomic mass is 35.5. The minimum absolute atomic E-state index is 0.0612. The molecule has 0 radical (unpaired) electrons. The molecule has 2 unspecified atom stereocenters. The van der Waals surface area contributed by atoms with Crippen LogP contribution in [0.5, 0.6) is 0 Å². The van der Waals surface area contributed by atoms with Crippen molar-refractivity contribution < 1.29 is 8.42 Å². The monoisotopic (exact) mass is 289 g/mol. The number of hydrogen-bond acceptors (Lipinski definition) is 3. The summed E-state index contributed by atoms with van der Waals surface area (Å²) in [6.45, 7) is 0. The summed E-state index contributed by atoms with van der Waals surface area (Å²) in [6.07, 6.45) is 4.88. The molecule has 2 saturated heterocycles. The number of hydrogen-bond donors (Lipinski definition) is 0. The first-order chi connectivity index (χ1) is 8.50. The molecule has 2 bridgehead atoms. The highest BCUT2D eigenvalue weighted by Crippen LogP contribution is 2.41. The van der Waals surface area contributed by atoms with Crippen molar-refractivity contribution in [2.24, 2.45) is 7.05 Å². The molecule has 3 rings (SSSR count). The van der Waals surface area contributed by atoms with Crippen LogP contribution >= 0.6 is 11.6 Å². The molecule has 7 heteroatoms. The lowest BCUT2D eigenvalue weighted by atomic mass is 10.1. The van der Waals surface area contributed by atoms with Crippen molar-refractivity contribution in [2.45, 2.75) is 48.2 Å². The Bertz CT molecular complexity index is 542. The van der Waals surface area contributed by atoms with Crippen LogP contribution in [0.4, 0.5) is 0 Å². The standard InChI is InChI=1S/C11H16ClN3O2S/c1-14-11(4-5-13-14)18(16,17)15-9-2-3-10(15)7-8(12)6-9/h4-5,8-10H,2-3,6-7H2,1H3. The average molecular weight is 290 g/mol. The molecule has 2 atom stereocenters. The van der Waals surface area contributed by atoms with Crippen LogP contribution < -0.4 is 0 Å².